The van der Waals surface area contributed by atoms with E-state index in [2.05, 4.69) is 4.99 Å². The number of methoxy groups -OCH3 is 1. The van der Waals surface area contributed by atoms with Crippen LogP contribution in [0.4, 0.5) is 5.69 Å². The molecule has 0 aliphatic rings. The zero-order chi connectivity index (χ0) is 27.5. The number of aromatic nitrogens is 1. The van der Waals surface area contributed by atoms with Gasteiger partial charge in [0.2, 0.25) is 0 Å². The average Bonchev–Trinajstić information content (AvgIpc) is 3.23. The van der Waals surface area contributed by atoms with Crippen molar-refractivity contribution in [3.8, 4) is 0 Å². The molecular formula is C26H27N3O6S3. The van der Waals surface area contributed by atoms with Gasteiger partial charge in [0.25, 0.3) is 15.9 Å². The lowest BCUT2D eigenvalue weighted by molar-refractivity contribution is 0.0997. The number of para-hydroxylation sites is 1. The molecule has 0 aliphatic heterocycles. The van der Waals surface area contributed by atoms with Gasteiger partial charge in [-0.3, -0.25) is 9.10 Å². The Bertz CT molecular complexity index is 1740. The zero-order valence-electron chi connectivity index (χ0n) is 21.1. The molecule has 0 N–H and O–H groups in total. The van der Waals surface area contributed by atoms with Crippen molar-refractivity contribution >= 4 is 53.0 Å². The number of hydrogen-bond donors (Lipinski definition) is 0. The van der Waals surface area contributed by atoms with Crippen molar-refractivity contribution in [2.24, 2.45) is 4.99 Å². The minimum absolute atomic E-state index is 0.0603. The summed E-state index contributed by atoms with van der Waals surface area (Å²) in [6.07, 6.45) is 1.14. The molecule has 4 rings (SSSR count). The summed E-state index contributed by atoms with van der Waals surface area (Å²) >= 11 is 1.19. The molecule has 200 valence electrons. The van der Waals surface area contributed by atoms with Crippen LogP contribution in [0, 0.1) is 0 Å². The van der Waals surface area contributed by atoms with Gasteiger partial charge < -0.3 is 9.30 Å². The Morgan fingerprint density at radius 2 is 1.63 bits per heavy atom. The lowest BCUT2D eigenvalue weighted by Gasteiger charge is -2.22. The second-order valence-electron chi connectivity index (χ2n) is 8.38. The zero-order valence-corrected chi connectivity index (χ0v) is 23.5. The van der Waals surface area contributed by atoms with Gasteiger partial charge in [-0.1, -0.05) is 29.5 Å². The summed E-state index contributed by atoms with van der Waals surface area (Å²) in [7, 11) is -5.67. The SMILES string of the molecule is CCN(c1ccccc1)S(=O)(=O)c1ccc(C(=O)N=c2sc3cc(S(C)(=O)=O)ccc3n2CCOC)cc1. The number of rotatable bonds is 9. The summed E-state index contributed by atoms with van der Waals surface area (Å²) in [6.45, 7) is 2.77. The maximum absolute atomic E-state index is 13.2. The number of amides is 1. The van der Waals surface area contributed by atoms with Crippen molar-refractivity contribution in [3.63, 3.8) is 0 Å². The summed E-state index contributed by atoms with van der Waals surface area (Å²) in [5.74, 6) is -0.551. The normalized spacial score (nSPS) is 12.7. The monoisotopic (exact) mass is 573 g/mol. The van der Waals surface area contributed by atoms with Crippen LogP contribution in [0.25, 0.3) is 10.2 Å². The second kappa shape index (κ2) is 11.2. The first kappa shape index (κ1) is 27.7. The first-order chi connectivity index (χ1) is 18.1. The summed E-state index contributed by atoms with van der Waals surface area (Å²) in [4.78, 5) is 18.0. The third-order valence-electron chi connectivity index (χ3n) is 5.82. The number of carbonyl (C=O) groups is 1. The average molecular weight is 574 g/mol. The fourth-order valence-corrected chi connectivity index (χ4v) is 7.19. The Kier molecular flexibility index (Phi) is 8.16. The summed E-state index contributed by atoms with van der Waals surface area (Å²) in [5, 5.41) is 0. The van der Waals surface area contributed by atoms with Gasteiger partial charge in [0.15, 0.2) is 14.6 Å². The third-order valence-corrected chi connectivity index (χ3v) is 9.89. The van der Waals surface area contributed by atoms with E-state index in [4.69, 9.17) is 4.74 Å². The maximum atomic E-state index is 13.2. The highest BCUT2D eigenvalue weighted by Gasteiger charge is 2.24. The number of hydrogen-bond acceptors (Lipinski definition) is 7. The van der Waals surface area contributed by atoms with Gasteiger partial charge in [0.1, 0.15) is 0 Å². The van der Waals surface area contributed by atoms with E-state index >= 15 is 0 Å². The van der Waals surface area contributed by atoms with Crippen molar-refractivity contribution in [1.82, 2.24) is 4.57 Å². The molecule has 38 heavy (non-hydrogen) atoms. The predicted octanol–water partition coefficient (Wildman–Crippen LogP) is 3.71. The van der Waals surface area contributed by atoms with Crippen LogP contribution in [0.5, 0.6) is 0 Å². The molecule has 0 aliphatic carbocycles. The minimum Gasteiger partial charge on any atom is -0.383 e. The molecule has 1 amide bonds. The largest absolute Gasteiger partial charge is 0.383 e. The highest BCUT2D eigenvalue weighted by atomic mass is 32.2. The van der Waals surface area contributed by atoms with Crippen LogP contribution < -0.4 is 9.11 Å². The molecule has 1 aromatic heterocycles. The van der Waals surface area contributed by atoms with Crippen LogP contribution in [0.1, 0.15) is 17.3 Å². The van der Waals surface area contributed by atoms with Crippen LogP contribution in [-0.4, -0.2) is 53.8 Å². The molecule has 0 atom stereocenters. The Labute approximate surface area is 225 Å². The van der Waals surface area contributed by atoms with Crippen LogP contribution in [0.2, 0.25) is 0 Å². The molecule has 0 fully saturated rings. The van der Waals surface area contributed by atoms with Gasteiger partial charge in [-0.05, 0) is 61.5 Å². The van der Waals surface area contributed by atoms with Gasteiger partial charge in [-0.15, -0.1) is 0 Å². The highest BCUT2D eigenvalue weighted by molar-refractivity contribution is 7.92. The minimum atomic E-state index is -3.83. The second-order valence-corrected chi connectivity index (χ2v) is 13.3. The molecule has 0 unspecified atom stereocenters. The van der Waals surface area contributed by atoms with Gasteiger partial charge in [-0.25, -0.2) is 16.8 Å². The summed E-state index contributed by atoms with van der Waals surface area (Å²) < 4.78 is 59.4. The van der Waals surface area contributed by atoms with E-state index in [0.29, 0.717) is 28.3 Å². The molecule has 9 nitrogen and oxygen atoms in total. The molecule has 3 aromatic carbocycles. The Hall–Kier alpha value is -3.32. The topological polar surface area (TPSA) is 115 Å². The van der Waals surface area contributed by atoms with Crippen molar-refractivity contribution in [1.29, 1.82) is 0 Å². The highest BCUT2D eigenvalue weighted by Crippen LogP contribution is 2.24. The van der Waals surface area contributed by atoms with Crippen molar-refractivity contribution in [2.75, 3.05) is 30.8 Å². The molecule has 0 saturated heterocycles. The fraction of sp³-hybridized carbons (Fsp3) is 0.231. The van der Waals surface area contributed by atoms with Crippen LogP contribution in [-0.2, 0) is 31.1 Å². The number of thiazole rings is 1. The lowest BCUT2D eigenvalue weighted by atomic mass is 10.2. The first-order valence-electron chi connectivity index (χ1n) is 11.7. The molecule has 0 spiro atoms. The van der Waals surface area contributed by atoms with E-state index in [-0.39, 0.29) is 21.9 Å². The maximum Gasteiger partial charge on any atom is 0.279 e. The van der Waals surface area contributed by atoms with Gasteiger partial charge in [0.05, 0.1) is 32.3 Å². The Morgan fingerprint density at radius 3 is 2.24 bits per heavy atom. The Balaban J connectivity index is 1.69. The van der Waals surface area contributed by atoms with E-state index in [1.807, 2.05) is 6.07 Å². The summed E-state index contributed by atoms with van der Waals surface area (Å²) in [5.41, 5.74) is 1.50. The van der Waals surface area contributed by atoms with Gasteiger partial charge in [0, 0.05) is 32.0 Å². The molecule has 4 aromatic rings. The number of sulfonamides is 1. The molecule has 1 heterocycles. The molecular weight excluding hydrogens is 547 g/mol. The fourth-order valence-electron chi connectivity index (χ4n) is 3.90. The van der Waals surface area contributed by atoms with E-state index in [0.717, 1.165) is 11.8 Å². The number of nitrogens with zero attached hydrogens (tertiary/aromatic N) is 3. The van der Waals surface area contributed by atoms with Gasteiger partial charge in [-0.2, -0.15) is 4.99 Å². The first-order valence-corrected chi connectivity index (χ1v) is 15.8. The van der Waals surface area contributed by atoms with E-state index in [1.165, 1.54) is 46.0 Å². The van der Waals surface area contributed by atoms with E-state index in [1.54, 1.807) is 55.0 Å². The number of fused-ring (bicyclic) bond motifs is 1. The summed E-state index contributed by atoms with van der Waals surface area (Å²) in [6, 6.07) is 19.2. The Morgan fingerprint density at radius 1 is 0.974 bits per heavy atom. The van der Waals surface area contributed by atoms with E-state index < -0.39 is 25.8 Å². The van der Waals surface area contributed by atoms with Gasteiger partial charge >= 0.3 is 0 Å². The predicted molar refractivity (Wildman–Crippen MR) is 148 cm³/mol. The number of sulfone groups is 1. The van der Waals surface area contributed by atoms with Crippen LogP contribution >= 0.6 is 11.3 Å². The molecule has 0 bridgehead atoms. The quantitative estimate of drug-likeness (QED) is 0.302. The number of benzene rings is 3. The molecule has 12 heteroatoms. The number of carbonyl (C=O) groups excluding carboxylic acids is 1. The third kappa shape index (κ3) is 5.73. The number of ether oxygens (including phenoxy) is 1. The van der Waals surface area contributed by atoms with Crippen molar-refractivity contribution in [2.45, 2.75) is 23.3 Å². The smallest absolute Gasteiger partial charge is 0.279 e. The standard InChI is InChI=1S/C26H27N3O6S3/c1-4-29(20-8-6-5-7-9-20)38(33,34)21-12-10-19(11-13-21)25(30)27-26-28(16-17-35-2)23-15-14-22(37(3,31)32)18-24(23)36-26/h5-15,18H,4,16-17H2,1-3H3. The molecule has 0 radical (unpaired) electrons. The molecule has 0 saturated carbocycles. The van der Waals surface area contributed by atoms with Crippen LogP contribution in [0.3, 0.4) is 0 Å². The van der Waals surface area contributed by atoms with Crippen molar-refractivity contribution in [3.05, 3.63) is 83.2 Å². The number of anilines is 1. The van der Waals surface area contributed by atoms with E-state index in [9.17, 15) is 21.6 Å². The van der Waals surface area contributed by atoms with Crippen LogP contribution in [0.15, 0.2) is 87.6 Å². The lowest BCUT2D eigenvalue weighted by Crippen LogP contribution is -2.30. The van der Waals surface area contributed by atoms with Crippen molar-refractivity contribution < 1.29 is 26.4 Å².